The first kappa shape index (κ1) is 16.3. The van der Waals surface area contributed by atoms with Crippen LogP contribution < -0.4 is 0 Å². The number of fused-ring (bicyclic) bond motifs is 1. The zero-order valence-electron chi connectivity index (χ0n) is 10.7. The summed E-state index contributed by atoms with van der Waals surface area (Å²) in [6.45, 7) is 5.25. The molecule has 0 unspecified atom stereocenters. The highest BCUT2D eigenvalue weighted by atomic mass is 35.5. The van der Waals surface area contributed by atoms with Crippen LogP contribution in [-0.4, -0.2) is 23.8 Å². The molecule has 0 aliphatic heterocycles. The molecule has 0 bridgehead atoms. The molecule has 1 aromatic carbocycles. The van der Waals surface area contributed by atoms with Gasteiger partial charge in [-0.3, -0.25) is 4.79 Å². The number of carbonyl (C=O) groups is 1. The normalized spacial score (nSPS) is 14.1. The summed E-state index contributed by atoms with van der Waals surface area (Å²) < 4.78 is 0. The second-order valence-electron chi connectivity index (χ2n) is 4.17. The molecule has 0 fully saturated rings. The summed E-state index contributed by atoms with van der Waals surface area (Å²) >= 11 is 30.6. The van der Waals surface area contributed by atoms with Crippen LogP contribution in [-0.2, 0) is 0 Å². The first-order chi connectivity index (χ1) is 9.36. The maximum Gasteiger partial charge on any atom is 0.208 e. The lowest BCUT2D eigenvalue weighted by atomic mass is 10.1. The number of benzene rings is 1. The number of halogens is 5. The van der Waals surface area contributed by atoms with Crippen molar-refractivity contribution in [3.63, 3.8) is 0 Å². The van der Waals surface area contributed by atoms with Gasteiger partial charge in [-0.05, 0) is 13.8 Å². The monoisotopic (exact) mass is 371 g/mol. The molecule has 0 saturated carbocycles. The molecule has 2 rings (SSSR count). The highest BCUT2D eigenvalue weighted by Gasteiger charge is 2.37. The van der Waals surface area contributed by atoms with Gasteiger partial charge in [-0.25, -0.2) is 0 Å². The van der Waals surface area contributed by atoms with Gasteiger partial charge in [-0.2, -0.15) is 0 Å². The van der Waals surface area contributed by atoms with E-state index in [1.165, 1.54) is 0 Å². The summed E-state index contributed by atoms with van der Waals surface area (Å²) in [5, 5.41) is 0.561. The zero-order chi connectivity index (χ0) is 15.2. The molecule has 0 saturated heterocycles. The molecular weight excluding hydrogens is 363 g/mol. The van der Waals surface area contributed by atoms with E-state index in [9.17, 15) is 4.79 Å². The Balaban J connectivity index is 2.83. The molecule has 108 valence electrons. The van der Waals surface area contributed by atoms with Crippen LogP contribution in [0.15, 0.2) is 5.03 Å². The standard InChI is InChI=1S/C13H10Cl5NO/c1-3-19(4-2)12-5-6(13(20)11(12)18)8(15)10(17)9(16)7(5)14/h3-4H2,1-2H3. The number of ketones is 1. The van der Waals surface area contributed by atoms with Crippen molar-refractivity contribution in [2.24, 2.45) is 0 Å². The van der Waals surface area contributed by atoms with E-state index < -0.39 is 0 Å². The van der Waals surface area contributed by atoms with Crippen LogP contribution >= 0.6 is 58.0 Å². The van der Waals surface area contributed by atoms with Crippen molar-refractivity contribution in [1.29, 1.82) is 0 Å². The first-order valence-electron chi connectivity index (χ1n) is 5.92. The van der Waals surface area contributed by atoms with Crippen molar-refractivity contribution in [3.05, 3.63) is 36.2 Å². The van der Waals surface area contributed by atoms with Crippen LogP contribution in [0, 0.1) is 0 Å². The summed E-state index contributed by atoms with van der Waals surface area (Å²) in [5.41, 5.74) is 1.24. The van der Waals surface area contributed by atoms with Crippen molar-refractivity contribution in [1.82, 2.24) is 4.90 Å². The predicted molar refractivity (Wildman–Crippen MR) is 86.5 cm³/mol. The minimum atomic E-state index is -0.381. The summed E-state index contributed by atoms with van der Waals surface area (Å²) in [5.74, 6) is -0.381. The second-order valence-corrected chi connectivity index (χ2v) is 6.06. The van der Waals surface area contributed by atoms with E-state index >= 15 is 0 Å². The Kier molecular flexibility index (Phi) is 4.83. The van der Waals surface area contributed by atoms with Crippen LogP contribution in [0.1, 0.15) is 29.8 Å². The summed E-state index contributed by atoms with van der Waals surface area (Å²) in [4.78, 5) is 14.2. The van der Waals surface area contributed by atoms with Crippen LogP contribution in [0.2, 0.25) is 20.1 Å². The van der Waals surface area contributed by atoms with E-state index in [0.29, 0.717) is 24.4 Å². The van der Waals surface area contributed by atoms with E-state index in [-0.39, 0.29) is 36.5 Å². The van der Waals surface area contributed by atoms with E-state index in [1.807, 2.05) is 18.7 Å². The van der Waals surface area contributed by atoms with Gasteiger partial charge in [-0.1, -0.05) is 58.0 Å². The lowest BCUT2D eigenvalue weighted by molar-refractivity contribution is 0.104. The fraction of sp³-hybridized carbons (Fsp3) is 0.308. The van der Waals surface area contributed by atoms with Gasteiger partial charge in [0.2, 0.25) is 5.78 Å². The minimum absolute atomic E-state index is 0.0655. The fourth-order valence-corrected chi connectivity index (χ4v) is 3.57. The number of hydrogen-bond acceptors (Lipinski definition) is 2. The number of rotatable bonds is 3. The molecule has 0 amide bonds. The topological polar surface area (TPSA) is 20.3 Å². The molecule has 0 N–H and O–H groups in total. The molecule has 0 heterocycles. The molecule has 1 aliphatic rings. The lowest BCUT2D eigenvalue weighted by Gasteiger charge is -2.24. The Bertz CT molecular complexity index is 634. The van der Waals surface area contributed by atoms with E-state index in [1.54, 1.807) is 0 Å². The Hall–Kier alpha value is -0.120. The number of hydrogen-bond donors (Lipinski definition) is 0. The highest BCUT2D eigenvalue weighted by molar-refractivity contribution is 6.58. The average molecular weight is 373 g/mol. The Morgan fingerprint density at radius 3 is 1.70 bits per heavy atom. The number of allylic oxidation sites excluding steroid dienone is 1. The van der Waals surface area contributed by atoms with Gasteiger partial charge >= 0.3 is 0 Å². The summed E-state index contributed by atoms with van der Waals surface area (Å²) in [6.07, 6.45) is 0. The third-order valence-corrected chi connectivity index (χ3v) is 5.37. The van der Waals surface area contributed by atoms with Crippen molar-refractivity contribution < 1.29 is 4.79 Å². The van der Waals surface area contributed by atoms with Gasteiger partial charge in [0.1, 0.15) is 5.03 Å². The number of nitrogens with zero attached hydrogens (tertiary/aromatic N) is 1. The lowest BCUT2D eigenvalue weighted by Crippen LogP contribution is -2.21. The molecule has 1 aromatic rings. The Labute approximate surface area is 142 Å². The van der Waals surface area contributed by atoms with Crippen LogP contribution in [0.3, 0.4) is 0 Å². The molecule has 0 atom stereocenters. The first-order valence-corrected chi connectivity index (χ1v) is 7.81. The molecule has 20 heavy (non-hydrogen) atoms. The molecular formula is C13H10Cl5NO. The van der Waals surface area contributed by atoms with Gasteiger partial charge in [0.15, 0.2) is 0 Å². The third kappa shape index (κ3) is 2.22. The Morgan fingerprint density at radius 2 is 1.25 bits per heavy atom. The van der Waals surface area contributed by atoms with Gasteiger partial charge < -0.3 is 4.90 Å². The van der Waals surface area contributed by atoms with Crippen molar-refractivity contribution >= 4 is 69.5 Å². The van der Waals surface area contributed by atoms with Crippen LogP contribution in [0.4, 0.5) is 0 Å². The number of carbonyl (C=O) groups excluding carboxylic acids is 1. The van der Waals surface area contributed by atoms with E-state index in [4.69, 9.17) is 58.0 Å². The summed E-state index contributed by atoms with van der Waals surface area (Å²) in [6, 6.07) is 0. The zero-order valence-corrected chi connectivity index (χ0v) is 14.4. The molecule has 2 nitrogen and oxygen atoms in total. The van der Waals surface area contributed by atoms with E-state index in [2.05, 4.69) is 0 Å². The fourth-order valence-electron chi connectivity index (χ4n) is 2.23. The van der Waals surface area contributed by atoms with Crippen LogP contribution in [0.5, 0.6) is 0 Å². The maximum atomic E-state index is 12.3. The smallest absolute Gasteiger partial charge is 0.208 e. The minimum Gasteiger partial charge on any atom is -0.370 e. The molecule has 1 aliphatic carbocycles. The largest absolute Gasteiger partial charge is 0.370 e. The van der Waals surface area contributed by atoms with Crippen LogP contribution in [0.25, 0.3) is 5.70 Å². The SMILES string of the molecule is CCN(CC)C1=C(Cl)C(=O)c2c(Cl)c(Cl)c(Cl)c(Cl)c21. The van der Waals surface area contributed by atoms with Gasteiger partial charge in [0, 0.05) is 18.7 Å². The highest BCUT2D eigenvalue weighted by Crippen LogP contribution is 2.50. The third-order valence-electron chi connectivity index (χ3n) is 3.22. The van der Waals surface area contributed by atoms with Crippen molar-refractivity contribution in [2.75, 3.05) is 13.1 Å². The van der Waals surface area contributed by atoms with Gasteiger partial charge in [0.25, 0.3) is 0 Å². The summed E-state index contributed by atoms with van der Waals surface area (Å²) in [7, 11) is 0. The molecule has 7 heteroatoms. The number of Topliss-reactive ketones (excluding diaryl/α,β-unsaturated/α-hetero) is 1. The molecule has 0 spiro atoms. The second kappa shape index (κ2) is 5.94. The quantitative estimate of drug-likeness (QED) is 0.497. The Morgan fingerprint density at radius 1 is 0.800 bits per heavy atom. The van der Waals surface area contributed by atoms with Gasteiger partial charge in [-0.15, -0.1) is 0 Å². The molecule has 0 radical (unpaired) electrons. The van der Waals surface area contributed by atoms with Crippen molar-refractivity contribution in [2.45, 2.75) is 13.8 Å². The predicted octanol–water partition coefficient (Wildman–Crippen LogP) is 5.75. The average Bonchev–Trinajstić information content (AvgIpc) is 2.69. The maximum absolute atomic E-state index is 12.3. The van der Waals surface area contributed by atoms with Crippen molar-refractivity contribution in [3.8, 4) is 0 Å². The molecule has 0 aromatic heterocycles. The van der Waals surface area contributed by atoms with Gasteiger partial charge in [0.05, 0.1) is 31.4 Å². The van der Waals surface area contributed by atoms with E-state index in [0.717, 1.165) is 0 Å².